The second kappa shape index (κ2) is 9.77. The lowest BCUT2D eigenvalue weighted by Crippen LogP contribution is -2.30. The Kier molecular flexibility index (Phi) is 6.79. The highest BCUT2D eigenvalue weighted by Crippen LogP contribution is 2.35. The van der Waals surface area contributed by atoms with Gasteiger partial charge in [0.05, 0.1) is 30.8 Å². The van der Waals surface area contributed by atoms with Crippen molar-refractivity contribution in [2.45, 2.75) is 30.7 Å². The van der Waals surface area contributed by atoms with E-state index in [9.17, 15) is 13.2 Å². The van der Waals surface area contributed by atoms with Crippen molar-refractivity contribution < 1.29 is 22.7 Å². The molecule has 3 aromatic carbocycles. The summed E-state index contributed by atoms with van der Waals surface area (Å²) < 4.78 is 39.7. The first-order valence-electron chi connectivity index (χ1n) is 11.1. The molecule has 0 bridgehead atoms. The Bertz CT molecular complexity index is 1310. The van der Waals surface area contributed by atoms with E-state index in [0.717, 1.165) is 24.2 Å². The number of sulfonamides is 1. The second-order valence-corrected chi connectivity index (χ2v) is 9.87. The van der Waals surface area contributed by atoms with Crippen molar-refractivity contribution in [1.82, 2.24) is 4.90 Å². The van der Waals surface area contributed by atoms with E-state index in [2.05, 4.69) is 4.72 Å². The van der Waals surface area contributed by atoms with Crippen molar-refractivity contribution in [3.63, 3.8) is 0 Å². The first kappa shape index (κ1) is 23.6. The Balaban J connectivity index is 1.64. The number of carbonyl (C=O) groups excluding carboxylic acids is 1. The molecule has 1 aliphatic heterocycles. The SMILES string of the molecule is COc1cccc(C2CCCN2C(=O)c2ccc(C)c(S(=O)(=O)Nc3ccccc3OC)c2)c1. The smallest absolute Gasteiger partial charge is 0.262 e. The van der Waals surface area contributed by atoms with Crippen LogP contribution >= 0.6 is 0 Å². The lowest BCUT2D eigenvalue weighted by atomic mass is 10.0. The predicted octanol–water partition coefficient (Wildman–Crippen LogP) is 4.79. The van der Waals surface area contributed by atoms with Gasteiger partial charge in [-0.1, -0.05) is 30.3 Å². The number of hydrogen-bond acceptors (Lipinski definition) is 5. The van der Waals surface area contributed by atoms with E-state index in [1.165, 1.54) is 13.2 Å². The second-order valence-electron chi connectivity index (χ2n) is 8.22. The summed E-state index contributed by atoms with van der Waals surface area (Å²) in [6, 6.07) is 19.2. The van der Waals surface area contributed by atoms with E-state index in [4.69, 9.17) is 9.47 Å². The molecule has 1 amide bonds. The molecule has 1 N–H and O–H groups in total. The lowest BCUT2D eigenvalue weighted by molar-refractivity contribution is 0.0735. The monoisotopic (exact) mass is 480 g/mol. The summed E-state index contributed by atoms with van der Waals surface area (Å²) in [6.45, 7) is 2.32. The number of likely N-dealkylation sites (tertiary alicyclic amines) is 1. The van der Waals surface area contributed by atoms with Gasteiger partial charge in [0.2, 0.25) is 0 Å². The minimum Gasteiger partial charge on any atom is -0.497 e. The van der Waals surface area contributed by atoms with Gasteiger partial charge in [0, 0.05) is 12.1 Å². The van der Waals surface area contributed by atoms with Crippen LogP contribution in [0.5, 0.6) is 11.5 Å². The average molecular weight is 481 g/mol. The number of ether oxygens (including phenoxy) is 2. The first-order chi connectivity index (χ1) is 16.3. The first-order valence-corrected chi connectivity index (χ1v) is 12.5. The molecule has 0 radical (unpaired) electrons. The van der Waals surface area contributed by atoms with Crippen LogP contribution in [-0.2, 0) is 10.0 Å². The van der Waals surface area contributed by atoms with Crippen molar-refractivity contribution in [3.8, 4) is 11.5 Å². The number of anilines is 1. The van der Waals surface area contributed by atoms with Gasteiger partial charge in [-0.2, -0.15) is 0 Å². The van der Waals surface area contributed by atoms with Crippen molar-refractivity contribution in [2.75, 3.05) is 25.5 Å². The van der Waals surface area contributed by atoms with Crippen molar-refractivity contribution in [2.24, 2.45) is 0 Å². The van der Waals surface area contributed by atoms with Gasteiger partial charge in [-0.15, -0.1) is 0 Å². The molecule has 0 spiro atoms. The summed E-state index contributed by atoms with van der Waals surface area (Å²) in [5.41, 5.74) is 2.22. The zero-order valence-electron chi connectivity index (χ0n) is 19.4. The van der Waals surface area contributed by atoms with Crippen molar-refractivity contribution in [3.05, 3.63) is 83.4 Å². The van der Waals surface area contributed by atoms with Gasteiger partial charge in [0.25, 0.3) is 15.9 Å². The molecule has 8 heteroatoms. The highest BCUT2D eigenvalue weighted by atomic mass is 32.2. The molecule has 1 aliphatic rings. The van der Waals surface area contributed by atoms with Gasteiger partial charge in [-0.25, -0.2) is 8.42 Å². The molecule has 1 saturated heterocycles. The number of rotatable bonds is 7. The maximum absolute atomic E-state index is 13.5. The average Bonchev–Trinajstić information content (AvgIpc) is 3.34. The fraction of sp³-hybridized carbons (Fsp3) is 0.269. The highest BCUT2D eigenvalue weighted by Gasteiger charge is 2.31. The van der Waals surface area contributed by atoms with Gasteiger partial charge in [0.1, 0.15) is 11.5 Å². The summed E-state index contributed by atoms with van der Waals surface area (Å²) in [4.78, 5) is 15.4. The van der Waals surface area contributed by atoms with Gasteiger partial charge < -0.3 is 14.4 Å². The minimum atomic E-state index is -3.95. The topological polar surface area (TPSA) is 84.9 Å². The third-order valence-electron chi connectivity index (χ3n) is 6.07. The highest BCUT2D eigenvalue weighted by molar-refractivity contribution is 7.92. The Hall–Kier alpha value is -3.52. The van der Waals surface area contributed by atoms with Gasteiger partial charge >= 0.3 is 0 Å². The zero-order chi connectivity index (χ0) is 24.3. The number of carbonyl (C=O) groups is 1. The summed E-state index contributed by atoms with van der Waals surface area (Å²) >= 11 is 0. The number of hydrogen-bond donors (Lipinski definition) is 1. The Morgan fingerprint density at radius 1 is 1.00 bits per heavy atom. The number of benzene rings is 3. The Morgan fingerprint density at radius 3 is 2.56 bits per heavy atom. The van der Waals surface area contributed by atoms with Crippen LogP contribution < -0.4 is 14.2 Å². The maximum Gasteiger partial charge on any atom is 0.262 e. The van der Waals surface area contributed by atoms with Crippen LogP contribution in [0, 0.1) is 6.92 Å². The van der Waals surface area contributed by atoms with Gasteiger partial charge in [0.15, 0.2) is 0 Å². The largest absolute Gasteiger partial charge is 0.497 e. The Labute approximate surface area is 200 Å². The van der Waals surface area contributed by atoms with Crippen LogP contribution in [0.2, 0.25) is 0 Å². The third kappa shape index (κ3) is 4.72. The fourth-order valence-electron chi connectivity index (χ4n) is 4.32. The lowest BCUT2D eigenvalue weighted by Gasteiger charge is -2.26. The van der Waals surface area contributed by atoms with E-state index in [-0.39, 0.29) is 16.8 Å². The molecule has 7 nitrogen and oxygen atoms in total. The molecule has 1 unspecified atom stereocenters. The maximum atomic E-state index is 13.5. The molecule has 1 heterocycles. The van der Waals surface area contributed by atoms with Crippen molar-refractivity contribution >= 4 is 21.6 Å². The summed E-state index contributed by atoms with van der Waals surface area (Å²) in [7, 11) is -0.854. The van der Waals surface area contributed by atoms with E-state index in [0.29, 0.717) is 29.1 Å². The number of para-hydroxylation sites is 2. The molecular weight excluding hydrogens is 452 g/mol. The van der Waals surface area contributed by atoms with E-state index in [1.807, 2.05) is 29.2 Å². The number of aryl methyl sites for hydroxylation is 1. The molecule has 1 fully saturated rings. The van der Waals surface area contributed by atoms with Gasteiger partial charge in [-0.05, 0) is 67.3 Å². The van der Waals surface area contributed by atoms with E-state index < -0.39 is 10.0 Å². The minimum absolute atomic E-state index is 0.0568. The summed E-state index contributed by atoms with van der Waals surface area (Å²) in [5, 5.41) is 0. The van der Waals surface area contributed by atoms with E-state index >= 15 is 0 Å². The number of amides is 1. The standard InChI is InChI=1S/C26H28N2O5S/c1-18-13-14-20(17-25(18)34(30,31)27-22-10-4-5-12-24(22)33-3)26(29)28-15-7-11-23(28)19-8-6-9-21(16-19)32-2/h4-6,8-10,12-14,16-17,23,27H,7,11,15H2,1-3H3. The zero-order valence-corrected chi connectivity index (χ0v) is 20.3. The van der Waals surface area contributed by atoms with Crippen LogP contribution in [0.15, 0.2) is 71.6 Å². The van der Waals surface area contributed by atoms with Crippen LogP contribution in [0.4, 0.5) is 5.69 Å². The Morgan fingerprint density at radius 2 is 1.79 bits per heavy atom. The third-order valence-corrected chi connectivity index (χ3v) is 7.58. The molecule has 0 saturated carbocycles. The predicted molar refractivity (Wildman–Crippen MR) is 131 cm³/mol. The summed E-state index contributed by atoms with van der Waals surface area (Å²) in [5.74, 6) is 0.955. The van der Waals surface area contributed by atoms with Crippen molar-refractivity contribution in [1.29, 1.82) is 0 Å². The molecule has 3 aromatic rings. The van der Waals surface area contributed by atoms with E-state index in [1.54, 1.807) is 50.4 Å². The number of nitrogens with one attached hydrogen (secondary N) is 1. The molecule has 4 rings (SSSR count). The van der Waals surface area contributed by atoms with Gasteiger partial charge in [-0.3, -0.25) is 9.52 Å². The molecule has 0 aromatic heterocycles. The number of methoxy groups -OCH3 is 2. The molecule has 34 heavy (non-hydrogen) atoms. The molecule has 178 valence electrons. The molecule has 0 aliphatic carbocycles. The fourth-order valence-corrected chi connectivity index (χ4v) is 5.66. The molecule has 1 atom stereocenters. The van der Waals surface area contributed by atoms with Crippen LogP contribution in [0.1, 0.15) is 40.4 Å². The van der Waals surface area contributed by atoms with Crippen LogP contribution in [-0.4, -0.2) is 40.0 Å². The van der Waals surface area contributed by atoms with Crippen LogP contribution in [0.3, 0.4) is 0 Å². The normalized spacial score (nSPS) is 15.7. The number of nitrogens with zero attached hydrogens (tertiary/aromatic N) is 1. The quantitative estimate of drug-likeness (QED) is 0.526. The summed E-state index contributed by atoms with van der Waals surface area (Å²) in [6.07, 6.45) is 1.71. The molecular formula is C26H28N2O5S. The van der Waals surface area contributed by atoms with Crippen LogP contribution in [0.25, 0.3) is 0 Å².